The minimum atomic E-state index is -0.312. The number of carbonyl (C=O) groups excluding carboxylic acids is 1. The second-order valence-electron chi connectivity index (χ2n) is 7.09. The SMILES string of the molecule is COc1ccc(OC(C)c2nnc(SCC(=O)Nc3cccc(Br)c3)n2C(C)C)cc1. The van der Waals surface area contributed by atoms with E-state index in [-0.39, 0.29) is 23.8 Å². The molecule has 1 N–H and O–H groups in total. The summed E-state index contributed by atoms with van der Waals surface area (Å²) in [5.41, 5.74) is 0.743. The number of halogens is 1. The van der Waals surface area contributed by atoms with Crippen LogP contribution in [0.3, 0.4) is 0 Å². The molecule has 0 aliphatic carbocycles. The number of rotatable bonds is 9. The monoisotopic (exact) mass is 504 g/mol. The highest BCUT2D eigenvalue weighted by atomic mass is 79.9. The average molecular weight is 505 g/mol. The summed E-state index contributed by atoms with van der Waals surface area (Å²) < 4.78 is 14.1. The first-order valence-corrected chi connectivity index (χ1v) is 11.6. The van der Waals surface area contributed by atoms with Crippen molar-refractivity contribution in [1.82, 2.24) is 14.8 Å². The van der Waals surface area contributed by atoms with Gasteiger partial charge in [-0.1, -0.05) is 33.8 Å². The van der Waals surface area contributed by atoms with Crippen LogP contribution in [0.5, 0.6) is 11.5 Å². The zero-order chi connectivity index (χ0) is 22.4. The third kappa shape index (κ3) is 6.24. The highest BCUT2D eigenvalue weighted by molar-refractivity contribution is 9.10. The van der Waals surface area contributed by atoms with E-state index in [1.54, 1.807) is 7.11 Å². The second-order valence-corrected chi connectivity index (χ2v) is 8.95. The summed E-state index contributed by atoms with van der Waals surface area (Å²) in [6, 6.07) is 15.0. The van der Waals surface area contributed by atoms with E-state index in [9.17, 15) is 4.79 Å². The predicted molar refractivity (Wildman–Crippen MR) is 126 cm³/mol. The minimum absolute atomic E-state index is 0.106. The van der Waals surface area contributed by atoms with E-state index in [0.717, 1.165) is 15.9 Å². The van der Waals surface area contributed by atoms with Crippen LogP contribution in [0, 0.1) is 0 Å². The van der Waals surface area contributed by atoms with Gasteiger partial charge in [-0.25, -0.2) is 0 Å². The number of aromatic nitrogens is 3. The number of ether oxygens (including phenoxy) is 2. The molecule has 0 saturated heterocycles. The molecule has 0 radical (unpaired) electrons. The van der Waals surface area contributed by atoms with E-state index < -0.39 is 0 Å². The summed E-state index contributed by atoms with van der Waals surface area (Å²) in [4.78, 5) is 12.4. The zero-order valence-corrected chi connectivity index (χ0v) is 20.2. The third-order valence-electron chi connectivity index (χ3n) is 4.38. The van der Waals surface area contributed by atoms with Crippen molar-refractivity contribution in [1.29, 1.82) is 0 Å². The fourth-order valence-corrected chi connectivity index (χ4v) is 4.23. The Bertz CT molecular complexity index is 1020. The van der Waals surface area contributed by atoms with Gasteiger partial charge in [-0.15, -0.1) is 10.2 Å². The van der Waals surface area contributed by atoms with Crippen LogP contribution in [0.4, 0.5) is 5.69 Å². The number of hydrogen-bond acceptors (Lipinski definition) is 6. The van der Waals surface area contributed by atoms with Gasteiger partial charge < -0.3 is 19.4 Å². The lowest BCUT2D eigenvalue weighted by atomic mass is 10.3. The predicted octanol–water partition coefficient (Wildman–Crippen LogP) is 5.50. The second kappa shape index (κ2) is 10.7. The van der Waals surface area contributed by atoms with Gasteiger partial charge in [-0.3, -0.25) is 4.79 Å². The molecule has 1 amide bonds. The van der Waals surface area contributed by atoms with Gasteiger partial charge in [0, 0.05) is 16.2 Å². The fourth-order valence-electron chi connectivity index (χ4n) is 2.95. The van der Waals surface area contributed by atoms with Gasteiger partial charge in [0.2, 0.25) is 5.91 Å². The molecule has 1 aromatic heterocycles. The Balaban J connectivity index is 1.67. The van der Waals surface area contributed by atoms with Crippen LogP contribution in [0.25, 0.3) is 0 Å². The van der Waals surface area contributed by atoms with Gasteiger partial charge in [-0.05, 0) is 63.2 Å². The molecule has 0 bridgehead atoms. The Hall–Kier alpha value is -2.52. The molecule has 3 rings (SSSR count). The van der Waals surface area contributed by atoms with Gasteiger partial charge in [0.25, 0.3) is 0 Å². The van der Waals surface area contributed by atoms with Crippen LogP contribution < -0.4 is 14.8 Å². The van der Waals surface area contributed by atoms with Gasteiger partial charge in [0.05, 0.1) is 12.9 Å². The Labute approximate surface area is 194 Å². The molecule has 0 aliphatic rings. The van der Waals surface area contributed by atoms with E-state index in [0.29, 0.717) is 16.7 Å². The maximum Gasteiger partial charge on any atom is 0.234 e. The number of thioether (sulfide) groups is 1. The molecule has 2 aromatic carbocycles. The number of carbonyl (C=O) groups is 1. The molecule has 9 heteroatoms. The number of anilines is 1. The molecule has 0 spiro atoms. The molecule has 164 valence electrons. The summed E-state index contributed by atoms with van der Waals surface area (Å²) >= 11 is 4.75. The molecule has 0 fully saturated rings. The van der Waals surface area contributed by atoms with Crippen molar-refractivity contribution in [2.75, 3.05) is 18.2 Å². The van der Waals surface area contributed by atoms with Crippen molar-refractivity contribution in [3.05, 3.63) is 58.8 Å². The molecule has 3 aromatic rings. The first kappa shape index (κ1) is 23.1. The molecule has 1 atom stereocenters. The van der Waals surface area contributed by atoms with E-state index in [1.807, 2.05) is 60.0 Å². The van der Waals surface area contributed by atoms with Crippen molar-refractivity contribution in [2.45, 2.75) is 38.1 Å². The summed E-state index contributed by atoms with van der Waals surface area (Å²) in [6.07, 6.45) is -0.312. The van der Waals surface area contributed by atoms with Crippen molar-refractivity contribution in [3.8, 4) is 11.5 Å². The summed E-state index contributed by atoms with van der Waals surface area (Å²) in [6.45, 7) is 6.04. The van der Waals surface area contributed by atoms with E-state index in [1.165, 1.54) is 11.8 Å². The van der Waals surface area contributed by atoms with Crippen LogP contribution in [0.1, 0.15) is 38.7 Å². The first-order valence-electron chi connectivity index (χ1n) is 9.81. The van der Waals surface area contributed by atoms with Gasteiger partial charge in [0.15, 0.2) is 17.1 Å². The highest BCUT2D eigenvalue weighted by Gasteiger charge is 2.22. The van der Waals surface area contributed by atoms with Crippen molar-refractivity contribution in [3.63, 3.8) is 0 Å². The fraction of sp³-hybridized carbons (Fsp3) is 0.318. The van der Waals surface area contributed by atoms with Crippen molar-refractivity contribution >= 4 is 39.3 Å². The van der Waals surface area contributed by atoms with Gasteiger partial charge in [0.1, 0.15) is 11.5 Å². The number of benzene rings is 2. The summed E-state index contributed by atoms with van der Waals surface area (Å²) in [5, 5.41) is 12.2. The molecule has 0 aliphatic heterocycles. The molecule has 31 heavy (non-hydrogen) atoms. The number of nitrogens with zero attached hydrogens (tertiary/aromatic N) is 3. The zero-order valence-electron chi connectivity index (χ0n) is 17.8. The third-order valence-corrected chi connectivity index (χ3v) is 5.82. The largest absolute Gasteiger partial charge is 0.497 e. The standard InChI is InChI=1S/C22H25BrN4O3S/c1-14(2)27-21(15(3)30-19-10-8-18(29-4)9-11-19)25-26-22(27)31-13-20(28)24-17-7-5-6-16(23)12-17/h5-12,14-15H,13H2,1-4H3,(H,24,28). The lowest BCUT2D eigenvalue weighted by molar-refractivity contribution is -0.113. The smallest absolute Gasteiger partial charge is 0.234 e. The molecule has 7 nitrogen and oxygen atoms in total. The highest BCUT2D eigenvalue weighted by Crippen LogP contribution is 2.28. The summed E-state index contributed by atoms with van der Waals surface area (Å²) in [5.74, 6) is 2.32. The van der Waals surface area contributed by atoms with Crippen LogP contribution in [-0.2, 0) is 4.79 Å². The van der Waals surface area contributed by atoms with E-state index in [2.05, 4.69) is 45.3 Å². The molecular formula is C22H25BrN4O3S. The van der Waals surface area contributed by atoms with Gasteiger partial charge >= 0.3 is 0 Å². The molecule has 0 saturated carbocycles. The number of nitrogens with one attached hydrogen (secondary N) is 1. The van der Waals surface area contributed by atoms with E-state index >= 15 is 0 Å². The quantitative estimate of drug-likeness (QED) is 0.387. The van der Waals surface area contributed by atoms with Crippen LogP contribution in [0.2, 0.25) is 0 Å². The normalized spacial score (nSPS) is 11.9. The Morgan fingerprint density at radius 1 is 1.13 bits per heavy atom. The first-order chi connectivity index (χ1) is 14.9. The average Bonchev–Trinajstić information content (AvgIpc) is 3.17. The number of methoxy groups -OCH3 is 1. The van der Waals surface area contributed by atoms with Crippen molar-refractivity contribution < 1.29 is 14.3 Å². The summed E-state index contributed by atoms with van der Waals surface area (Å²) in [7, 11) is 1.63. The Morgan fingerprint density at radius 2 is 1.84 bits per heavy atom. The lowest BCUT2D eigenvalue weighted by Gasteiger charge is -2.19. The van der Waals surface area contributed by atoms with E-state index in [4.69, 9.17) is 9.47 Å². The maximum absolute atomic E-state index is 12.4. The molecule has 1 heterocycles. The van der Waals surface area contributed by atoms with Gasteiger partial charge in [-0.2, -0.15) is 0 Å². The minimum Gasteiger partial charge on any atom is -0.497 e. The lowest BCUT2D eigenvalue weighted by Crippen LogP contribution is -2.16. The number of amides is 1. The van der Waals surface area contributed by atoms with Crippen LogP contribution >= 0.6 is 27.7 Å². The molecular weight excluding hydrogens is 480 g/mol. The maximum atomic E-state index is 12.4. The Morgan fingerprint density at radius 3 is 2.48 bits per heavy atom. The van der Waals surface area contributed by atoms with Crippen LogP contribution in [-0.4, -0.2) is 33.5 Å². The number of hydrogen-bond donors (Lipinski definition) is 1. The van der Waals surface area contributed by atoms with Crippen LogP contribution in [0.15, 0.2) is 58.2 Å². The van der Waals surface area contributed by atoms with Crippen molar-refractivity contribution in [2.24, 2.45) is 0 Å². The topological polar surface area (TPSA) is 78.3 Å². The molecule has 1 unspecified atom stereocenters. The Kier molecular flexibility index (Phi) is 7.97.